The highest BCUT2D eigenvalue weighted by Gasteiger charge is 2.34. The van der Waals surface area contributed by atoms with Crippen LogP contribution in [-0.2, 0) is 32.4 Å². The molecule has 0 bridgehead atoms. The molecule has 1 aliphatic heterocycles. The highest BCUT2D eigenvalue weighted by molar-refractivity contribution is 7.90. The topological polar surface area (TPSA) is 85.3 Å². The molecular weight excluding hydrogens is 500 g/mol. The minimum absolute atomic E-state index is 0.134. The van der Waals surface area contributed by atoms with Gasteiger partial charge < -0.3 is 9.47 Å². The third kappa shape index (κ3) is 8.32. The summed E-state index contributed by atoms with van der Waals surface area (Å²) >= 11 is 0. The summed E-state index contributed by atoms with van der Waals surface area (Å²) in [5.41, 5.74) is 3.08. The van der Waals surface area contributed by atoms with Gasteiger partial charge in [0.15, 0.2) is 0 Å². The molecule has 1 heterocycles. The summed E-state index contributed by atoms with van der Waals surface area (Å²) in [5, 5.41) is 0. The van der Waals surface area contributed by atoms with Gasteiger partial charge in [-0.1, -0.05) is 59.7 Å². The number of para-hydroxylation sites is 1. The average molecular weight is 543 g/mol. The maximum atomic E-state index is 13.4. The molecule has 1 aliphatic rings. The van der Waals surface area contributed by atoms with Gasteiger partial charge in [0.2, 0.25) is 0 Å². The van der Waals surface area contributed by atoms with Crippen LogP contribution in [-0.4, -0.2) is 44.3 Å². The molecule has 0 amide bonds. The molecule has 2 aromatic rings. The summed E-state index contributed by atoms with van der Waals surface area (Å²) < 4.78 is 39.3. The minimum atomic E-state index is -3.85. The lowest BCUT2D eigenvalue weighted by Crippen LogP contribution is -2.41. The second kappa shape index (κ2) is 11.9. The van der Waals surface area contributed by atoms with E-state index in [0.29, 0.717) is 18.7 Å². The van der Waals surface area contributed by atoms with Crippen LogP contribution in [0.5, 0.6) is 5.75 Å². The van der Waals surface area contributed by atoms with Crippen LogP contribution in [0.4, 0.5) is 5.69 Å². The molecule has 0 fully saturated rings. The quantitative estimate of drug-likeness (QED) is 0.259. The lowest BCUT2D eigenvalue weighted by molar-refractivity contribution is -0.141. The van der Waals surface area contributed by atoms with Crippen molar-refractivity contribution in [2.75, 3.05) is 19.8 Å². The normalized spacial score (nSPS) is 15.0. The van der Waals surface area contributed by atoms with E-state index in [1.165, 1.54) is 21.5 Å². The van der Waals surface area contributed by atoms with Crippen molar-refractivity contribution in [2.24, 2.45) is 15.8 Å². The van der Waals surface area contributed by atoms with Crippen molar-refractivity contribution in [2.45, 2.75) is 79.0 Å². The molecule has 208 valence electrons. The van der Waals surface area contributed by atoms with E-state index in [9.17, 15) is 13.2 Å². The van der Waals surface area contributed by atoms with E-state index in [2.05, 4.69) is 64.7 Å². The molecule has 0 spiro atoms. The molecule has 8 heteroatoms. The predicted molar refractivity (Wildman–Crippen MR) is 152 cm³/mol. The number of esters is 1. The number of sulfonamides is 1. The van der Waals surface area contributed by atoms with Gasteiger partial charge in [0.25, 0.3) is 10.0 Å². The molecule has 0 radical (unpaired) electrons. The third-order valence-electron chi connectivity index (χ3n) is 5.85. The van der Waals surface area contributed by atoms with E-state index < -0.39 is 16.0 Å². The Bertz CT molecular complexity index is 1240. The monoisotopic (exact) mass is 542 g/mol. The van der Waals surface area contributed by atoms with E-state index >= 15 is 0 Å². The average Bonchev–Trinajstić information content (AvgIpc) is 2.76. The van der Waals surface area contributed by atoms with Gasteiger partial charge in [-0.25, -0.2) is 13.4 Å². The van der Waals surface area contributed by atoms with E-state index in [4.69, 9.17) is 9.47 Å². The van der Waals surface area contributed by atoms with Gasteiger partial charge in [-0.15, -0.1) is 0 Å². The zero-order chi connectivity index (χ0) is 28.1. The molecular formula is C30H42N2O5S. The molecule has 38 heavy (non-hydrogen) atoms. The molecule has 0 saturated carbocycles. The van der Waals surface area contributed by atoms with Crippen LogP contribution in [0.2, 0.25) is 0 Å². The molecule has 0 atom stereocenters. The fourth-order valence-corrected chi connectivity index (χ4v) is 6.20. The van der Waals surface area contributed by atoms with E-state index in [1.54, 1.807) is 25.1 Å². The Balaban J connectivity index is 1.76. The summed E-state index contributed by atoms with van der Waals surface area (Å²) in [6, 6.07) is 13.0. The number of amidine groups is 1. The van der Waals surface area contributed by atoms with Gasteiger partial charge >= 0.3 is 5.97 Å². The number of ether oxygens (including phenoxy) is 2. The van der Waals surface area contributed by atoms with Crippen LogP contribution in [0.15, 0.2) is 52.4 Å². The zero-order valence-electron chi connectivity index (χ0n) is 23.8. The second-order valence-electron chi connectivity index (χ2n) is 12.2. The second-order valence-corrected chi connectivity index (χ2v) is 14.0. The first-order chi connectivity index (χ1) is 17.7. The Labute approximate surface area is 228 Å². The number of benzene rings is 2. The van der Waals surface area contributed by atoms with Crippen molar-refractivity contribution in [3.63, 3.8) is 0 Å². The van der Waals surface area contributed by atoms with Crippen molar-refractivity contribution in [1.29, 1.82) is 0 Å². The van der Waals surface area contributed by atoms with Crippen LogP contribution in [0.1, 0.15) is 72.4 Å². The van der Waals surface area contributed by atoms with E-state index in [0.717, 1.165) is 18.6 Å². The number of carbonyl (C=O) groups excluding carboxylic acids is 1. The third-order valence-corrected chi connectivity index (χ3v) is 7.72. The van der Waals surface area contributed by atoms with Crippen molar-refractivity contribution >= 4 is 27.5 Å². The Hall–Kier alpha value is -2.87. The number of hydrogen-bond donors (Lipinski definition) is 0. The SMILES string of the molecule is CCOC(=O)CC1=Nc2ccccc2S(=O)(=O)N1CCCOc1cc(CC(C)(C)C)cc(CC(C)(C)C)c1. The lowest BCUT2D eigenvalue weighted by atomic mass is 9.84. The molecule has 0 saturated heterocycles. The number of nitrogens with zero attached hydrogens (tertiary/aromatic N) is 2. The number of hydrogen-bond acceptors (Lipinski definition) is 6. The Morgan fingerprint density at radius 2 is 1.55 bits per heavy atom. The van der Waals surface area contributed by atoms with Crippen LogP contribution < -0.4 is 4.74 Å². The van der Waals surface area contributed by atoms with Gasteiger partial charge in [0.1, 0.15) is 22.9 Å². The lowest BCUT2D eigenvalue weighted by Gasteiger charge is -2.29. The standard InChI is InChI=1S/C30H42N2O5S/c1-8-36-28(33)19-27-31-25-12-9-10-13-26(25)38(34,35)32(27)14-11-15-37-24-17-22(20-29(2,3)4)16-23(18-24)21-30(5,6)7/h9-10,12-13,16-18H,8,11,14-15,19-21H2,1-7H3. The molecule has 0 unspecified atom stereocenters. The van der Waals surface area contributed by atoms with E-state index in [-0.39, 0.29) is 41.1 Å². The van der Waals surface area contributed by atoms with Crippen LogP contribution in [0.3, 0.4) is 0 Å². The summed E-state index contributed by atoms with van der Waals surface area (Å²) in [4.78, 5) is 16.8. The Morgan fingerprint density at radius 1 is 0.947 bits per heavy atom. The van der Waals surface area contributed by atoms with Crippen molar-refractivity contribution < 1.29 is 22.7 Å². The molecule has 0 N–H and O–H groups in total. The van der Waals surface area contributed by atoms with Gasteiger partial charge in [0, 0.05) is 13.0 Å². The molecule has 3 rings (SSSR count). The van der Waals surface area contributed by atoms with Gasteiger partial charge in [-0.3, -0.25) is 9.10 Å². The van der Waals surface area contributed by atoms with Gasteiger partial charge in [-0.05, 0) is 66.0 Å². The highest BCUT2D eigenvalue weighted by atomic mass is 32.2. The zero-order valence-corrected chi connectivity index (χ0v) is 24.7. The molecule has 7 nitrogen and oxygen atoms in total. The largest absolute Gasteiger partial charge is 0.494 e. The fraction of sp³-hybridized carbons (Fsp3) is 0.533. The summed E-state index contributed by atoms with van der Waals surface area (Å²) in [7, 11) is -3.85. The Kier molecular flexibility index (Phi) is 9.29. The van der Waals surface area contributed by atoms with E-state index in [1.807, 2.05) is 0 Å². The molecule has 0 aromatic heterocycles. The number of fused-ring (bicyclic) bond motifs is 1. The number of rotatable bonds is 10. The minimum Gasteiger partial charge on any atom is -0.494 e. The maximum Gasteiger partial charge on any atom is 0.313 e. The fourth-order valence-electron chi connectivity index (χ4n) is 4.58. The number of carbonyl (C=O) groups is 1. The highest BCUT2D eigenvalue weighted by Crippen LogP contribution is 2.33. The first kappa shape index (κ1) is 29.7. The van der Waals surface area contributed by atoms with Crippen LogP contribution in [0.25, 0.3) is 0 Å². The summed E-state index contributed by atoms with van der Waals surface area (Å²) in [5.74, 6) is 0.448. The van der Waals surface area contributed by atoms with Crippen molar-refractivity contribution in [3.05, 3.63) is 53.6 Å². The van der Waals surface area contributed by atoms with Crippen molar-refractivity contribution in [1.82, 2.24) is 4.31 Å². The Morgan fingerprint density at radius 3 is 2.13 bits per heavy atom. The number of aliphatic imine (C=N–C) groups is 1. The van der Waals surface area contributed by atoms with Crippen LogP contribution in [0, 0.1) is 10.8 Å². The molecule has 2 aromatic carbocycles. The van der Waals surface area contributed by atoms with Crippen LogP contribution >= 0.6 is 0 Å². The van der Waals surface area contributed by atoms with Crippen molar-refractivity contribution in [3.8, 4) is 5.75 Å². The maximum absolute atomic E-state index is 13.4. The molecule has 0 aliphatic carbocycles. The summed E-state index contributed by atoms with van der Waals surface area (Å²) in [6.07, 6.45) is 2.08. The smallest absolute Gasteiger partial charge is 0.313 e. The predicted octanol–water partition coefficient (Wildman–Crippen LogP) is 6.32. The van der Waals surface area contributed by atoms with Gasteiger partial charge in [0.05, 0.1) is 18.9 Å². The van der Waals surface area contributed by atoms with Gasteiger partial charge in [-0.2, -0.15) is 0 Å². The first-order valence-electron chi connectivity index (χ1n) is 13.3. The summed E-state index contributed by atoms with van der Waals surface area (Å²) in [6.45, 7) is 15.7. The first-order valence-corrected chi connectivity index (χ1v) is 14.7.